The highest BCUT2D eigenvalue weighted by Crippen LogP contribution is 2.58. The van der Waals surface area contributed by atoms with Gasteiger partial charge in [-0.15, -0.1) is 24.8 Å². The average Bonchev–Trinajstić information content (AvgIpc) is 3.19. The Hall–Kier alpha value is -0.750. The summed E-state index contributed by atoms with van der Waals surface area (Å²) in [6.07, 6.45) is 4.83. The van der Waals surface area contributed by atoms with E-state index in [1.165, 1.54) is 0 Å². The summed E-state index contributed by atoms with van der Waals surface area (Å²) in [4.78, 5) is 16.2. The molecule has 1 spiro atoms. The van der Waals surface area contributed by atoms with Gasteiger partial charge in [0, 0.05) is 18.2 Å². The number of carbonyl (C=O) groups excluding carboxylic acids is 1. The summed E-state index contributed by atoms with van der Waals surface area (Å²) in [6.45, 7) is 3.00. The number of amides is 1. The van der Waals surface area contributed by atoms with Crippen molar-refractivity contribution in [3.05, 3.63) is 23.4 Å². The molecule has 0 bridgehead atoms. The maximum absolute atomic E-state index is 12.1. The first-order chi connectivity index (χ1) is 10.2. The molecule has 8 heteroatoms. The zero-order valence-corrected chi connectivity index (χ0v) is 15.1. The number of rotatable bonds is 5. The quantitative estimate of drug-likeness (QED) is 0.768. The second kappa shape index (κ2) is 8.92. The Balaban J connectivity index is 0.00000132. The van der Waals surface area contributed by atoms with Gasteiger partial charge in [-0.25, -0.2) is 4.98 Å². The van der Waals surface area contributed by atoms with Crippen molar-refractivity contribution in [2.75, 3.05) is 26.2 Å². The van der Waals surface area contributed by atoms with Gasteiger partial charge in [0.2, 0.25) is 11.8 Å². The van der Waals surface area contributed by atoms with E-state index in [1.807, 2.05) is 0 Å². The fourth-order valence-electron chi connectivity index (χ4n) is 3.10. The number of aromatic nitrogens is 1. The second-order valence-corrected chi connectivity index (χ2v) is 6.26. The molecule has 1 saturated carbocycles. The number of nitrogens with one attached hydrogen (secondary N) is 2. The van der Waals surface area contributed by atoms with Gasteiger partial charge in [-0.05, 0) is 43.8 Å². The van der Waals surface area contributed by atoms with Crippen LogP contribution >= 0.6 is 36.4 Å². The van der Waals surface area contributed by atoms with Crippen LogP contribution < -0.4 is 15.4 Å². The summed E-state index contributed by atoms with van der Waals surface area (Å²) in [5.41, 5.74) is 0.286. The van der Waals surface area contributed by atoms with Crippen molar-refractivity contribution >= 4 is 42.3 Å². The van der Waals surface area contributed by atoms with Crippen LogP contribution in [0.15, 0.2) is 18.3 Å². The first-order valence-electron chi connectivity index (χ1n) is 7.42. The number of ether oxygens (including phenoxy) is 1. The monoisotopic (exact) mass is 381 g/mol. The summed E-state index contributed by atoms with van der Waals surface area (Å²) in [5, 5.41) is 6.89. The SMILES string of the molecule is Cl.Cl.O=C(NCCOc1ccc(Cl)cn1)C1CC12CCNCC2. The molecule has 2 N–H and O–H groups in total. The van der Waals surface area contributed by atoms with Crippen LogP contribution in [0.3, 0.4) is 0 Å². The molecule has 130 valence electrons. The van der Waals surface area contributed by atoms with Crippen LogP contribution in [0.4, 0.5) is 0 Å². The maximum atomic E-state index is 12.1. The van der Waals surface area contributed by atoms with Gasteiger partial charge in [-0.1, -0.05) is 11.6 Å². The van der Waals surface area contributed by atoms with Crippen molar-refractivity contribution < 1.29 is 9.53 Å². The third kappa shape index (κ3) is 5.11. The van der Waals surface area contributed by atoms with Gasteiger partial charge in [0.1, 0.15) is 6.61 Å². The lowest BCUT2D eigenvalue weighted by molar-refractivity contribution is -0.123. The Morgan fingerprint density at radius 1 is 1.39 bits per heavy atom. The molecule has 1 amide bonds. The van der Waals surface area contributed by atoms with E-state index in [9.17, 15) is 4.79 Å². The number of hydrogen-bond acceptors (Lipinski definition) is 4. The minimum Gasteiger partial charge on any atom is -0.476 e. The molecule has 0 radical (unpaired) electrons. The van der Waals surface area contributed by atoms with E-state index in [2.05, 4.69) is 15.6 Å². The molecular formula is C15H22Cl3N3O2. The maximum Gasteiger partial charge on any atom is 0.223 e. The normalized spacial score (nSPS) is 20.8. The summed E-state index contributed by atoms with van der Waals surface area (Å²) in [7, 11) is 0. The topological polar surface area (TPSA) is 63.2 Å². The minimum absolute atomic E-state index is 0. The first kappa shape index (κ1) is 20.3. The van der Waals surface area contributed by atoms with E-state index >= 15 is 0 Å². The molecule has 5 nitrogen and oxygen atoms in total. The van der Waals surface area contributed by atoms with Crippen molar-refractivity contribution in [3.8, 4) is 5.88 Å². The van der Waals surface area contributed by atoms with Crippen molar-refractivity contribution in [3.63, 3.8) is 0 Å². The fraction of sp³-hybridized carbons (Fsp3) is 0.600. The van der Waals surface area contributed by atoms with E-state index in [0.29, 0.717) is 24.1 Å². The molecule has 2 aliphatic rings. The zero-order chi connectivity index (χ0) is 14.7. The zero-order valence-electron chi connectivity index (χ0n) is 12.7. The van der Waals surface area contributed by atoms with E-state index < -0.39 is 0 Å². The van der Waals surface area contributed by atoms with E-state index in [0.717, 1.165) is 32.4 Å². The number of carbonyl (C=O) groups is 1. The lowest BCUT2D eigenvalue weighted by Gasteiger charge is -2.23. The van der Waals surface area contributed by atoms with Crippen LogP contribution in [0.1, 0.15) is 19.3 Å². The lowest BCUT2D eigenvalue weighted by atomic mass is 9.92. The highest BCUT2D eigenvalue weighted by Gasteiger charge is 2.57. The van der Waals surface area contributed by atoms with Crippen LogP contribution in [-0.2, 0) is 4.79 Å². The van der Waals surface area contributed by atoms with Gasteiger partial charge in [-0.2, -0.15) is 0 Å². The Kier molecular flexibility index (Phi) is 7.87. The molecule has 3 rings (SSSR count). The Morgan fingerprint density at radius 2 is 2.13 bits per heavy atom. The van der Waals surface area contributed by atoms with Gasteiger partial charge in [-0.3, -0.25) is 4.79 Å². The van der Waals surface area contributed by atoms with Gasteiger partial charge in [0.15, 0.2) is 0 Å². The number of pyridine rings is 1. The van der Waals surface area contributed by atoms with Crippen LogP contribution in [0.5, 0.6) is 5.88 Å². The Bertz CT molecular complexity index is 507. The number of nitrogens with zero attached hydrogens (tertiary/aromatic N) is 1. The predicted molar refractivity (Wildman–Crippen MR) is 94.9 cm³/mol. The largest absolute Gasteiger partial charge is 0.476 e. The van der Waals surface area contributed by atoms with Crippen LogP contribution in [-0.4, -0.2) is 37.1 Å². The molecule has 1 saturated heterocycles. The number of hydrogen-bond donors (Lipinski definition) is 2. The second-order valence-electron chi connectivity index (χ2n) is 5.82. The molecule has 1 atom stereocenters. The molecule has 1 aromatic heterocycles. The Morgan fingerprint density at radius 3 is 2.78 bits per heavy atom. The third-order valence-corrected chi connectivity index (χ3v) is 4.68. The van der Waals surface area contributed by atoms with Crippen molar-refractivity contribution in [1.29, 1.82) is 0 Å². The molecule has 1 aromatic rings. The van der Waals surface area contributed by atoms with Gasteiger partial charge in [0.05, 0.1) is 11.6 Å². The van der Waals surface area contributed by atoms with Crippen LogP contribution in [0, 0.1) is 11.3 Å². The van der Waals surface area contributed by atoms with E-state index in [4.69, 9.17) is 16.3 Å². The summed E-state index contributed by atoms with van der Waals surface area (Å²) in [5.74, 6) is 0.896. The van der Waals surface area contributed by atoms with Crippen LogP contribution in [0.2, 0.25) is 5.02 Å². The molecule has 23 heavy (non-hydrogen) atoms. The fourth-order valence-corrected chi connectivity index (χ4v) is 3.21. The molecule has 0 aromatic carbocycles. The number of halogens is 3. The molecule has 1 aliphatic carbocycles. The summed E-state index contributed by atoms with van der Waals surface area (Å²) < 4.78 is 5.45. The van der Waals surface area contributed by atoms with Crippen LogP contribution in [0.25, 0.3) is 0 Å². The minimum atomic E-state index is 0. The smallest absolute Gasteiger partial charge is 0.223 e. The van der Waals surface area contributed by atoms with Gasteiger partial charge < -0.3 is 15.4 Å². The first-order valence-corrected chi connectivity index (χ1v) is 7.80. The molecule has 2 fully saturated rings. The number of piperidine rings is 1. The van der Waals surface area contributed by atoms with Gasteiger partial charge in [0.25, 0.3) is 0 Å². The molecule has 1 unspecified atom stereocenters. The highest BCUT2D eigenvalue weighted by atomic mass is 35.5. The predicted octanol–water partition coefficient (Wildman–Crippen LogP) is 2.46. The molecule has 2 heterocycles. The summed E-state index contributed by atoms with van der Waals surface area (Å²) >= 11 is 5.75. The van der Waals surface area contributed by atoms with E-state index in [-0.39, 0.29) is 42.1 Å². The summed E-state index contributed by atoms with van der Waals surface area (Å²) in [6, 6.07) is 3.45. The van der Waals surface area contributed by atoms with Crippen molar-refractivity contribution in [1.82, 2.24) is 15.6 Å². The average molecular weight is 383 g/mol. The van der Waals surface area contributed by atoms with Crippen molar-refractivity contribution in [2.24, 2.45) is 11.3 Å². The van der Waals surface area contributed by atoms with E-state index in [1.54, 1.807) is 18.3 Å². The lowest BCUT2D eigenvalue weighted by Crippen LogP contribution is -2.35. The standard InChI is InChI=1S/C15H20ClN3O2.2ClH/c16-11-1-2-13(19-10-11)21-8-7-18-14(20)12-9-15(12)3-5-17-6-4-15;;/h1-2,10,12,17H,3-9H2,(H,18,20);2*1H. The third-order valence-electron chi connectivity index (χ3n) is 4.46. The highest BCUT2D eigenvalue weighted by molar-refractivity contribution is 6.30. The molecular weight excluding hydrogens is 361 g/mol. The Labute approximate surface area is 153 Å². The van der Waals surface area contributed by atoms with Gasteiger partial charge >= 0.3 is 0 Å². The molecule has 1 aliphatic heterocycles. The van der Waals surface area contributed by atoms with Crippen molar-refractivity contribution in [2.45, 2.75) is 19.3 Å².